The number of allylic oxidation sites excluding steroid dienone is 1. The summed E-state index contributed by atoms with van der Waals surface area (Å²) in [5.41, 5.74) is 0.670. The van der Waals surface area contributed by atoms with Crippen LogP contribution in [0.1, 0.15) is 6.92 Å². The Bertz CT molecular complexity index is 493. The highest BCUT2D eigenvalue weighted by Crippen LogP contribution is 2.27. The molecule has 100 valence electrons. The summed E-state index contributed by atoms with van der Waals surface area (Å²) in [7, 11) is 0. The van der Waals surface area contributed by atoms with E-state index in [9.17, 15) is 5.11 Å². The maximum atomic E-state index is 9.87. The summed E-state index contributed by atoms with van der Waals surface area (Å²) in [5, 5.41) is 9.87. The Labute approximate surface area is 117 Å². The highest BCUT2D eigenvalue weighted by molar-refractivity contribution is 7.98. The van der Waals surface area contributed by atoms with Gasteiger partial charge in [-0.25, -0.2) is 0 Å². The van der Waals surface area contributed by atoms with Crippen molar-refractivity contribution in [3.63, 3.8) is 0 Å². The quantitative estimate of drug-likeness (QED) is 0.517. The molecule has 0 fully saturated rings. The molecule has 19 heavy (non-hydrogen) atoms. The van der Waals surface area contributed by atoms with E-state index < -0.39 is 6.10 Å². The van der Waals surface area contributed by atoms with E-state index in [1.165, 1.54) is 0 Å². The van der Waals surface area contributed by atoms with Gasteiger partial charge in [0.2, 0.25) is 0 Å². The van der Waals surface area contributed by atoms with Crippen molar-refractivity contribution in [2.75, 3.05) is 0 Å². The topological polar surface area (TPSA) is 38.7 Å². The fourth-order valence-corrected chi connectivity index (χ4v) is 2.15. The molecule has 0 spiro atoms. The summed E-state index contributed by atoms with van der Waals surface area (Å²) in [6, 6.07) is 9.26. The molecule has 0 amide bonds. The average Bonchev–Trinajstić information content (AvgIpc) is 2.54. The summed E-state index contributed by atoms with van der Waals surface area (Å²) in [4.78, 5) is 5.97. The van der Waals surface area contributed by atoms with Gasteiger partial charge in [0.1, 0.15) is 0 Å². The van der Waals surface area contributed by atoms with Crippen LogP contribution in [0, 0.1) is 5.92 Å². The Balaban J connectivity index is 1.90. The summed E-state index contributed by atoms with van der Waals surface area (Å²) in [5.74, 6) is 0.678. The number of benzene rings is 1. The van der Waals surface area contributed by atoms with Gasteiger partial charge in [0, 0.05) is 10.8 Å². The van der Waals surface area contributed by atoms with Crippen molar-refractivity contribution >= 4 is 12.0 Å². The van der Waals surface area contributed by atoms with Crippen molar-refractivity contribution < 1.29 is 14.3 Å². The molecule has 4 heteroatoms. The normalized spacial score (nSPS) is 22.8. The van der Waals surface area contributed by atoms with E-state index in [0.717, 1.165) is 16.9 Å². The lowest BCUT2D eigenvalue weighted by molar-refractivity contribution is -0.0767. The summed E-state index contributed by atoms with van der Waals surface area (Å²) in [6.45, 7) is 5.79. The molecule has 0 heterocycles. The molecular weight excluding hydrogens is 260 g/mol. The maximum absolute atomic E-state index is 9.87. The zero-order chi connectivity index (χ0) is 13.7. The lowest BCUT2D eigenvalue weighted by Crippen LogP contribution is -2.15. The molecule has 0 bridgehead atoms. The van der Waals surface area contributed by atoms with E-state index in [1.54, 1.807) is 6.08 Å². The van der Waals surface area contributed by atoms with Crippen LogP contribution in [0.3, 0.4) is 0 Å². The maximum Gasteiger partial charge on any atom is 0.166 e. The van der Waals surface area contributed by atoms with Gasteiger partial charge in [0.25, 0.3) is 0 Å². The van der Waals surface area contributed by atoms with Gasteiger partial charge in [0.15, 0.2) is 5.75 Å². The van der Waals surface area contributed by atoms with Crippen LogP contribution in [-0.2, 0) is 4.33 Å². The Hall–Kier alpha value is -1.49. The van der Waals surface area contributed by atoms with Crippen molar-refractivity contribution in [3.8, 4) is 5.75 Å². The van der Waals surface area contributed by atoms with Crippen molar-refractivity contribution in [1.82, 2.24) is 0 Å². The van der Waals surface area contributed by atoms with Gasteiger partial charge >= 0.3 is 0 Å². The summed E-state index contributed by atoms with van der Waals surface area (Å²) >= 11 is 1.09. The Morgan fingerprint density at radius 1 is 1.26 bits per heavy atom. The van der Waals surface area contributed by atoms with Crippen LogP contribution in [0.4, 0.5) is 0 Å². The van der Waals surface area contributed by atoms with Gasteiger partial charge in [0.05, 0.1) is 18.1 Å². The molecular formula is C15H16O3S. The van der Waals surface area contributed by atoms with Gasteiger partial charge in [-0.05, 0) is 29.9 Å². The van der Waals surface area contributed by atoms with E-state index in [-0.39, 0.29) is 5.92 Å². The Kier molecular flexibility index (Phi) is 4.85. The average molecular weight is 276 g/mol. The van der Waals surface area contributed by atoms with Crippen LogP contribution in [0.5, 0.6) is 5.75 Å². The minimum atomic E-state index is -0.551. The highest BCUT2D eigenvalue weighted by atomic mass is 32.2. The van der Waals surface area contributed by atoms with Gasteiger partial charge in [-0.3, -0.25) is 0 Å². The first kappa shape index (κ1) is 13.9. The van der Waals surface area contributed by atoms with Gasteiger partial charge in [-0.1, -0.05) is 37.8 Å². The minimum absolute atomic E-state index is 0.0388. The molecule has 1 aromatic rings. The lowest BCUT2D eigenvalue weighted by atomic mass is 10.00. The van der Waals surface area contributed by atoms with Gasteiger partial charge < -0.3 is 9.99 Å². The summed E-state index contributed by atoms with van der Waals surface area (Å²) < 4.78 is 5.11. The fourth-order valence-electron chi connectivity index (χ4n) is 1.63. The van der Waals surface area contributed by atoms with Crippen molar-refractivity contribution in [1.29, 1.82) is 0 Å². The van der Waals surface area contributed by atoms with Crippen LogP contribution in [0.2, 0.25) is 0 Å². The number of hydrogen-bond donors (Lipinski definition) is 1. The fraction of sp³-hybridized carbons (Fsp3) is 0.200. The number of hydrogen-bond acceptors (Lipinski definition) is 4. The molecule has 0 saturated heterocycles. The molecule has 3 nitrogen and oxygen atoms in total. The zero-order valence-corrected chi connectivity index (χ0v) is 11.5. The first-order valence-electron chi connectivity index (χ1n) is 6.00. The van der Waals surface area contributed by atoms with Gasteiger partial charge in [-0.15, -0.1) is 4.33 Å². The largest absolute Gasteiger partial charge is 0.388 e. The number of para-hydroxylation sites is 1. The van der Waals surface area contributed by atoms with E-state index >= 15 is 0 Å². The number of aliphatic hydroxyl groups is 1. The van der Waals surface area contributed by atoms with E-state index in [4.69, 9.17) is 9.22 Å². The second-order valence-electron chi connectivity index (χ2n) is 4.33. The third-order valence-electron chi connectivity index (χ3n) is 2.77. The molecule has 0 aliphatic heterocycles. The third-order valence-corrected chi connectivity index (χ3v) is 3.36. The predicted molar refractivity (Wildman–Crippen MR) is 77.3 cm³/mol. The third kappa shape index (κ3) is 3.99. The molecule has 1 aromatic carbocycles. The van der Waals surface area contributed by atoms with E-state index in [1.807, 2.05) is 49.4 Å². The molecule has 2 rings (SSSR count). The first-order chi connectivity index (χ1) is 9.16. The van der Waals surface area contributed by atoms with Crippen LogP contribution >= 0.6 is 12.0 Å². The van der Waals surface area contributed by atoms with Crippen LogP contribution in [-0.4, -0.2) is 11.2 Å². The summed E-state index contributed by atoms with van der Waals surface area (Å²) in [6.07, 6.45) is 5.06. The first-order valence-corrected chi connectivity index (χ1v) is 6.74. The standard InChI is InChI=1S/C15H16O3S/c1-11-8-9-14(10-12(2)15(11)16)19-18-17-13-6-4-3-5-7-13/h3-11,15-16H,2H2,1H3/t11-,15-/m0/s1. The van der Waals surface area contributed by atoms with Crippen LogP contribution in [0.15, 0.2) is 65.6 Å². The highest BCUT2D eigenvalue weighted by Gasteiger charge is 2.17. The Morgan fingerprint density at radius 3 is 2.74 bits per heavy atom. The van der Waals surface area contributed by atoms with Crippen molar-refractivity contribution in [2.45, 2.75) is 13.0 Å². The van der Waals surface area contributed by atoms with Crippen LogP contribution < -0.4 is 4.89 Å². The molecule has 0 saturated carbocycles. The van der Waals surface area contributed by atoms with Crippen molar-refractivity contribution in [3.05, 3.63) is 65.6 Å². The minimum Gasteiger partial charge on any atom is -0.388 e. The van der Waals surface area contributed by atoms with E-state index in [0.29, 0.717) is 11.3 Å². The molecule has 2 atom stereocenters. The molecule has 1 aliphatic carbocycles. The van der Waals surface area contributed by atoms with Crippen LogP contribution in [0.25, 0.3) is 0 Å². The molecule has 0 radical (unpaired) electrons. The second-order valence-corrected chi connectivity index (χ2v) is 5.11. The number of aliphatic hydroxyl groups excluding tert-OH is 1. The molecule has 0 unspecified atom stereocenters. The SMILES string of the molecule is C=C1C=C(SOOc2ccccc2)C=C[C@H](C)[C@@H]1O. The number of rotatable bonds is 4. The predicted octanol–water partition coefficient (Wildman–Crippen LogP) is 3.65. The smallest absolute Gasteiger partial charge is 0.166 e. The Morgan fingerprint density at radius 2 is 2.00 bits per heavy atom. The second kappa shape index (κ2) is 6.61. The molecule has 0 aromatic heterocycles. The van der Waals surface area contributed by atoms with Crippen molar-refractivity contribution in [2.24, 2.45) is 5.92 Å². The van der Waals surface area contributed by atoms with Gasteiger partial charge in [-0.2, -0.15) is 0 Å². The van der Waals surface area contributed by atoms with E-state index in [2.05, 4.69) is 6.58 Å². The monoisotopic (exact) mass is 276 g/mol. The molecule has 1 aliphatic rings. The lowest BCUT2D eigenvalue weighted by Gasteiger charge is -2.13. The molecule has 1 N–H and O–H groups in total. The zero-order valence-electron chi connectivity index (χ0n) is 10.7.